The minimum atomic E-state index is -0.186. The Morgan fingerprint density at radius 1 is 1.50 bits per heavy atom. The van der Waals surface area contributed by atoms with Crippen LogP contribution in [0.2, 0.25) is 0 Å². The first kappa shape index (κ1) is 12.5. The molecule has 0 unspecified atom stereocenters. The van der Waals surface area contributed by atoms with Gasteiger partial charge in [0.05, 0.1) is 6.04 Å². The topological polar surface area (TPSA) is 61.4 Å². The van der Waals surface area contributed by atoms with Crippen molar-refractivity contribution in [2.75, 3.05) is 19.6 Å². The van der Waals surface area contributed by atoms with Gasteiger partial charge >= 0.3 is 6.03 Å². The number of amides is 3. The highest BCUT2D eigenvalue weighted by Gasteiger charge is 2.32. The van der Waals surface area contributed by atoms with Crippen LogP contribution in [0.15, 0.2) is 12.7 Å². The van der Waals surface area contributed by atoms with Gasteiger partial charge in [0.1, 0.15) is 0 Å². The quantitative estimate of drug-likeness (QED) is 0.680. The van der Waals surface area contributed by atoms with Crippen LogP contribution in [0.5, 0.6) is 0 Å². The number of rotatable bonds is 3. The van der Waals surface area contributed by atoms with E-state index in [0.29, 0.717) is 19.6 Å². The van der Waals surface area contributed by atoms with Gasteiger partial charge in [0.25, 0.3) is 0 Å². The van der Waals surface area contributed by atoms with Crippen molar-refractivity contribution in [1.82, 2.24) is 15.5 Å². The number of likely N-dealkylation sites (tertiary alicyclic amines) is 1. The Labute approximate surface area is 95.9 Å². The molecule has 5 heteroatoms. The average molecular weight is 225 g/mol. The minimum absolute atomic E-state index is 0.0214. The van der Waals surface area contributed by atoms with Crippen LogP contribution in [-0.4, -0.2) is 42.5 Å². The largest absolute Gasteiger partial charge is 0.348 e. The Balaban J connectivity index is 2.49. The van der Waals surface area contributed by atoms with E-state index in [4.69, 9.17) is 0 Å². The van der Waals surface area contributed by atoms with E-state index in [2.05, 4.69) is 17.2 Å². The van der Waals surface area contributed by atoms with E-state index in [0.717, 1.165) is 0 Å². The first-order valence-corrected chi connectivity index (χ1v) is 5.54. The fraction of sp³-hybridized carbons (Fsp3) is 0.636. The highest BCUT2D eigenvalue weighted by atomic mass is 16.2. The Kier molecular flexibility index (Phi) is 4.34. The van der Waals surface area contributed by atoms with Crippen molar-refractivity contribution in [3.8, 4) is 0 Å². The Hall–Kier alpha value is -1.52. The van der Waals surface area contributed by atoms with Crippen LogP contribution in [0.4, 0.5) is 4.79 Å². The molecule has 2 N–H and O–H groups in total. The number of hydrogen-bond acceptors (Lipinski definition) is 2. The van der Waals surface area contributed by atoms with Gasteiger partial charge in [-0.15, -0.1) is 0 Å². The molecule has 1 saturated heterocycles. The summed E-state index contributed by atoms with van der Waals surface area (Å²) in [5.74, 6) is 0.0844. The van der Waals surface area contributed by atoms with Gasteiger partial charge in [0, 0.05) is 19.6 Å². The summed E-state index contributed by atoms with van der Waals surface area (Å²) in [5.41, 5.74) is 0. The number of urea groups is 1. The van der Waals surface area contributed by atoms with E-state index in [1.165, 1.54) is 6.08 Å². The van der Waals surface area contributed by atoms with Gasteiger partial charge < -0.3 is 15.5 Å². The maximum absolute atomic E-state index is 11.6. The predicted molar refractivity (Wildman–Crippen MR) is 61.9 cm³/mol. The minimum Gasteiger partial charge on any atom is -0.348 e. The van der Waals surface area contributed by atoms with Crippen molar-refractivity contribution in [3.63, 3.8) is 0 Å². The zero-order chi connectivity index (χ0) is 12.1. The smallest absolute Gasteiger partial charge is 0.317 e. The lowest BCUT2D eigenvalue weighted by atomic mass is 10.1. The van der Waals surface area contributed by atoms with Crippen LogP contribution >= 0.6 is 0 Å². The van der Waals surface area contributed by atoms with Gasteiger partial charge in [-0.05, 0) is 18.9 Å². The second kappa shape index (κ2) is 5.53. The molecule has 0 aliphatic carbocycles. The van der Waals surface area contributed by atoms with E-state index < -0.39 is 0 Å². The molecule has 1 aliphatic heterocycles. The maximum Gasteiger partial charge on any atom is 0.317 e. The van der Waals surface area contributed by atoms with Crippen LogP contribution in [0.1, 0.15) is 13.8 Å². The SMILES string of the molecule is C=CC(=O)N[C@H]1CN(C(=O)NCC)C[C@H]1C. The van der Waals surface area contributed by atoms with Gasteiger partial charge in [-0.2, -0.15) is 0 Å². The predicted octanol–water partition coefficient (Wildman–Crippen LogP) is 0.338. The molecular formula is C11H19N3O2. The van der Waals surface area contributed by atoms with E-state index >= 15 is 0 Å². The Morgan fingerprint density at radius 3 is 2.75 bits per heavy atom. The molecule has 5 nitrogen and oxygen atoms in total. The van der Waals surface area contributed by atoms with Crippen molar-refractivity contribution in [2.45, 2.75) is 19.9 Å². The first-order chi connectivity index (χ1) is 7.58. The molecule has 1 fully saturated rings. The van der Waals surface area contributed by atoms with Gasteiger partial charge in [-0.3, -0.25) is 4.79 Å². The molecule has 16 heavy (non-hydrogen) atoms. The van der Waals surface area contributed by atoms with Crippen molar-refractivity contribution < 1.29 is 9.59 Å². The van der Waals surface area contributed by atoms with Gasteiger partial charge in [0.2, 0.25) is 5.91 Å². The van der Waals surface area contributed by atoms with E-state index in [1.807, 2.05) is 13.8 Å². The summed E-state index contributed by atoms with van der Waals surface area (Å²) in [6.45, 7) is 9.17. The molecule has 1 heterocycles. The average Bonchev–Trinajstić information content (AvgIpc) is 2.61. The fourth-order valence-corrected chi connectivity index (χ4v) is 1.83. The van der Waals surface area contributed by atoms with Crippen LogP contribution < -0.4 is 10.6 Å². The maximum atomic E-state index is 11.6. The van der Waals surface area contributed by atoms with E-state index in [9.17, 15) is 9.59 Å². The fourth-order valence-electron chi connectivity index (χ4n) is 1.83. The number of nitrogens with zero attached hydrogens (tertiary/aromatic N) is 1. The molecule has 0 radical (unpaired) electrons. The summed E-state index contributed by atoms with van der Waals surface area (Å²) in [7, 11) is 0. The van der Waals surface area contributed by atoms with Gasteiger partial charge in [-0.25, -0.2) is 4.79 Å². The van der Waals surface area contributed by atoms with Gasteiger partial charge in [0.15, 0.2) is 0 Å². The first-order valence-electron chi connectivity index (χ1n) is 5.54. The molecule has 3 amide bonds. The molecular weight excluding hydrogens is 206 g/mol. The Morgan fingerprint density at radius 2 is 2.19 bits per heavy atom. The molecule has 0 spiro atoms. The van der Waals surface area contributed by atoms with Crippen molar-refractivity contribution in [3.05, 3.63) is 12.7 Å². The number of carbonyl (C=O) groups excluding carboxylic acids is 2. The number of carbonyl (C=O) groups is 2. The molecule has 0 aromatic rings. The molecule has 0 aromatic carbocycles. The van der Waals surface area contributed by atoms with Crippen LogP contribution in [0, 0.1) is 5.92 Å². The second-order valence-electron chi connectivity index (χ2n) is 4.04. The molecule has 90 valence electrons. The lowest BCUT2D eigenvalue weighted by molar-refractivity contribution is -0.117. The molecule has 1 aliphatic rings. The molecule has 0 saturated carbocycles. The highest BCUT2D eigenvalue weighted by Crippen LogP contribution is 2.16. The standard InChI is InChI=1S/C11H19N3O2/c1-4-10(15)13-9-7-14(6-8(9)3)11(16)12-5-2/h4,8-9H,1,5-7H2,2-3H3,(H,12,16)(H,13,15)/t8-,9+/m1/s1. The van der Waals surface area contributed by atoms with Crippen molar-refractivity contribution in [2.24, 2.45) is 5.92 Å². The summed E-state index contributed by atoms with van der Waals surface area (Å²) in [6.07, 6.45) is 1.25. The molecule has 0 aromatic heterocycles. The highest BCUT2D eigenvalue weighted by molar-refractivity contribution is 5.87. The zero-order valence-corrected chi connectivity index (χ0v) is 9.82. The van der Waals surface area contributed by atoms with Crippen LogP contribution in [0.3, 0.4) is 0 Å². The zero-order valence-electron chi connectivity index (χ0n) is 9.82. The molecule has 1 rings (SSSR count). The number of hydrogen-bond donors (Lipinski definition) is 2. The van der Waals surface area contributed by atoms with E-state index in [-0.39, 0.29) is 23.9 Å². The summed E-state index contributed by atoms with van der Waals surface area (Å²) >= 11 is 0. The summed E-state index contributed by atoms with van der Waals surface area (Å²) in [5, 5.41) is 5.58. The number of nitrogens with one attached hydrogen (secondary N) is 2. The third-order valence-electron chi connectivity index (χ3n) is 2.74. The van der Waals surface area contributed by atoms with Gasteiger partial charge in [-0.1, -0.05) is 13.5 Å². The lowest BCUT2D eigenvalue weighted by Gasteiger charge is -2.16. The van der Waals surface area contributed by atoms with E-state index in [1.54, 1.807) is 4.90 Å². The molecule has 2 atom stereocenters. The Bertz CT molecular complexity index is 291. The summed E-state index contributed by atoms with van der Waals surface area (Å²) in [4.78, 5) is 24.5. The van der Waals surface area contributed by atoms with Crippen molar-refractivity contribution >= 4 is 11.9 Å². The lowest BCUT2D eigenvalue weighted by Crippen LogP contribution is -2.42. The third kappa shape index (κ3) is 2.98. The second-order valence-corrected chi connectivity index (χ2v) is 4.04. The molecule has 0 bridgehead atoms. The normalized spacial score (nSPS) is 24.0. The van der Waals surface area contributed by atoms with Crippen LogP contribution in [-0.2, 0) is 4.79 Å². The monoisotopic (exact) mass is 225 g/mol. The summed E-state index contributed by atoms with van der Waals surface area (Å²) < 4.78 is 0. The third-order valence-corrected chi connectivity index (χ3v) is 2.74. The van der Waals surface area contributed by atoms with Crippen molar-refractivity contribution in [1.29, 1.82) is 0 Å². The summed E-state index contributed by atoms with van der Waals surface area (Å²) in [6, 6.07) is -0.0437. The van der Waals surface area contributed by atoms with Crippen LogP contribution in [0.25, 0.3) is 0 Å².